The maximum atomic E-state index is 13.3. The number of hydrogen-bond donors (Lipinski definition) is 1. The van der Waals surface area contributed by atoms with Crippen LogP contribution in [0.4, 0.5) is 5.69 Å². The Morgan fingerprint density at radius 3 is 2.77 bits per heavy atom. The van der Waals surface area contributed by atoms with Gasteiger partial charge in [0.25, 0.3) is 11.8 Å². The normalized spacial score (nSPS) is 26.1. The number of nitrogens with one attached hydrogen (secondary N) is 1. The van der Waals surface area contributed by atoms with Crippen molar-refractivity contribution in [3.63, 3.8) is 0 Å². The Hall–Kier alpha value is -2.41. The quantitative estimate of drug-likeness (QED) is 0.713. The SMILES string of the molecule is CC(=O)NC1=NC(=O)/C(=C2\C(=O)N3c4c2cccc4[C@@H](C)CC3(C)C)S1. The number of aliphatic imine (C=N–C) groups is 1. The van der Waals surface area contributed by atoms with Crippen LogP contribution in [0.1, 0.15) is 51.2 Å². The van der Waals surface area contributed by atoms with Gasteiger partial charge in [-0.15, -0.1) is 0 Å². The molecule has 7 heteroatoms. The molecule has 1 atom stereocenters. The molecule has 3 amide bonds. The molecule has 0 radical (unpaired) electrons. The molecule has 0 aliphatic carbocycles. The van der Waals surface area contributed by atoms with Gasteiger partial charge >= 0.3 is 0 Å². The summed E-state index contributed by atoms with van der Waals surface area (Å²) < 4.78 is 0. The number of benzene rings is 1. The van der Waals surface area contributed by atoms with Crippen molar-refractivity contribution >= 4 is 45.9 Å². The lowest BCUT2D eigenvalue weighted by molar-refractivity contribution is -0.117. The standard InChI is InChI=1S/C19H19N3O3S/c1-9-8-19(3,4)22-14-11(9)6-5-7-12(14)13(17(22)25)15-16(24)21-18(26-15)20-10(2)23/h5-7,9H,8H2,1-4H3,(H,20,21,23,24)/b15-13+/t9-/m0/s1. The molecule has 0 bridgehead atoms. The molecule has 26 heavy (non-hydrogen) atoms. The van der Waals surface area contributed by atoms with E-state index >= 15 is 0 Å². The van der Waals surface area contributed by atoms with Crippen molar-refractivity contribution in [2.75, 3.05) is 4.90 Å². The van der Waals surface area contributed by atoms with Crippen LogP contribution in [-0.4, -0.2) is 28.4 Å². The zero-order valence-electron chi connectivity index (χ0n) is 15.0. The van der Waals surface area contributed by atoms with Crippen molar-refractivity contribution < 1.29 is 14.4 Å². The van der Waals surface area contributed by atoms with Crippen molar-refractivity contribution in [3.8, 4) is 0 Å². The third kappa shape index (κ3) is 2.34. The van der Waals surface area contributed by atoms with Gasteiger partial charge in [0.05, 0.1) is 16.2 Å². The summed E-state index contributed by atoms with van der Waals surface area (Å²) in [6, 6.07) is 5.87. The summed E-state index contributed by atoms with van der Waals surface area (Å²) in [7, 11) is 0. The zero-order valence-corrected chi connectivity index (χ0v) is 15.9. The Morgan fingerprint density at radius 2 is 2.08 bits per heavy atom. The third-order valence-electron chi connectivity index (χ3n) is 5.03. The first kappa shape index (κ1) is 17.0. The summed E-state index contributed by atoms with van der Waals surface area (Å²) in [6.45, 7) is 7.63. The summed E-state index contributed by atoms with van der Waals surface area (Å²) in [5.41, 5.74) is 2.87. The van der Waals surface area contributed by atoms with Gasteiger partial charge in [-0.2, -0.15) is 4.99 Å². The lowest BCUT2D eigenvalue weighted by Gasteiger charge is -2.43. The van der Waals surface area contributed by atoms with E-state index in [1.165, 1.54) is 6.92 Å². The molecule has 1 aromatic rings. The second-order valence-electron chi connectivity index (χ2n) is 7.51. The largest absolute Gasteiger partial charge is 0.305 e. The number of carbonyl (C=O) groups is 3. The first-order chi connectivity index (χ1) is 12.2. The topological polar surface area (TPSA) is 78.8 Å². The first-order valence-corrected chi connectivity index (χ1v) is 9.33. The molecule has 1 aromatic carbocycles. The minimum absolute atomic E-state index is 0.167. The second kappa shape index (κ2) is 5.54. The molecule has 0 saturated heterocycles. The van der Waals surface area contributed by atoms with Gasteiger partial charge in [0.1, 0.15) is 0 Å². The Balaban J connectivity index is 1.89. The van der Waals surface area contributed by atoms with Crippen LogP contribution in [0.15, 0.2) is 28.1 Å². The van der Waals surface area contributed by atoms with E-state index in [1.807, 2.05) is 17.0 Å². The molecule has 3 aliphatic heterocycles. The number of hydrogen-bond acceptors (Lipinski definition) is 4. The van der Waals surface area contributed by atoms with Crippen LogP contribution in [0.3, 0.4) is 0 Å². The Morgan fingerprint density at radius 1 is 1.35 bits per heavy atom. The van der Waals surface area contributed by atoms with Gasteiger partial charge in [-0.25, -0.2) is 0 Å². The van der Waals surface area contributed by atoms with Gasteiger partial charge in [0, 0.05) is 18.0 Å². The van der Waals surface area contributed by atoms with Crippen LogP contribution in [0.25, 0.3) is 5.57 Å². The van der Waals surface area contributed by atoms with Crippen LogP contribution in [0, 0.1) is 0 Å². The lowest BCUT2D eigenvalue weighted by atomic mass is 9.80. The zero-order chi connectivity index (χ0) is 18.8. The second-order valence-corrected chi connectivity index (χ2v) is 8.51. The number of nitrogens with zero attached hydrogens (tertiary/aromatic N) is 2. The summed E-state index contributed by atoms with van der Waals surface area (Å²) in [6.07, 6.45) is 0.854. The fourth-order valence-corrected chi connectivity index (χ4v) is 5.10. The molecular weight excluding hydrogens is 350 g/mol. The molecular formula is C19H19N3O3S. The van der Waals surface area contributed by atoms with Crippen LogP contribution in [0.2, 0.25) is 0 Å². The van der Waals surface area contributed by atoms with E-state index in [-0.39, 0.29) is 27.4 Å². The molecule has 3 aliphatic rings. The molecule has 4 rings (SSSR count). The number of thioether (sulfide) groups is 1. The molecule has 0 aromatic heterocycles. The summed E-state index contributed by atoms with van der Waals surface area (Å²) >= 11 is 1.05. The molecule has 0 spiro atoms. The number of carbonyl (C=O) groups excluding carboxylic acids is 3. The minimum atomic E-state index is -0.481. The van der Waals surface area contributed by atoms with Crippen LogP contribution in [-0.2, 0) is 14.4 Å². The number of rotatable bonds is 0. The van der Waals surface area contributed by atoms with Gasteiger partial charge in [0.2, 0.25) is 5.91 Å². The van der Waals surface area contributed by atoms with Gasteiger partial charge in [-0.3, -0.25) is 14.4 Å². The number of amides is 3. The number of anilines is 1. The Kier molecular flexibility index (Phi) is 3.63. The van der Waals surface area contributed by atoms with Crippen LogP contribution >= 0.6 is 11.8 Å². The van der Waals surface area contributed by atoms with Gasteiger partial charge < -0.3 is 10.2 Å². The predicted molar refractivity (Wildman–Crippen MR) is 102 cm³/mol. The fraction of sp³-hybridized carbons (Fsp3) is 0.368. The minimum Gasteiger partial charge on any atom is -0.305 e. The lowest BCUT2D eigenvalue weighted by Crippen LogP contribution is -2.49. The smallest absolute Gasteiger partial charge is 0.287 e. The van der Waals surface area contributed by atoms with Gasteiger partial charge in [-0.1, -0.05) is 25.1 Å². The highest BCUT2D eigenvalue weighted by Crippen LogP contribution is 2.53. The molecule has 0 saturated carbocycles. The molecule has 0 unspecified atom stereocenters. The van der Waals surface area contributed by atoms with Gasteiger partial charge in [0.15, 0.2) is 5.17 Å². The average Bonchev–Trinajstić information content (AvgIpc) is 3.01. The summed E-state index contributed by atoms with van der Waals surface area (Å²) in [5.74, 6) is -0.624. The van der Waals surface area contributed by atoms with Crippen molar-refractivity contribution in [1.29, 1.82) is 0 Å². The monoisotopic (exact) mass is 369 g/mol. The molecule has 0 fully saturated rings. The van der Waals surface area contributed by atoms with Crippen LogP contribution in [0.5, 0.6) is 0 Å². The van der Waals surface area contributed by atoms with Crippen molar-refractivity contribution in [2.45, 2.75) is 45.6 Å². The van der Waals surface area contributed by atoms with E-state index < -0.39 is 5.91 Å². The number of amidine groups is 1. The van der Waals surface area contributed by atoms with E-state index in [0.29, 0.717) is 11.5 Å². The number of para-hydroxylation sites is 1. The Labute approximate surface area is 155 Å². The summed E-state index contributed by atoms with van der Waals surface area (Å²) in [4.78, 5) is 43.0. The van der Waals surface area contributed by atoms with Crippen molar-refractivity contribution in [1.82, 2.24) is 5.32 Å². The molecule has 1 N–H and O–H groups in total. The van der Waals surface area contributed by atoms with E-state index in [2.05, 4.69) is 37.1 Å². The van der Waals surface area contributed by atoms with E-state index in [0.717, 1.165) is 35.0 Å². The maximum absolute atomic E-state index is 13.3. The fourth-order valence-electron chi connectivity index (χ4n) is 4.15. The van der Waals surface area contributed by atoms with E-state index in [9.17, 15) is 14.4 Å². The maximum Gasteiger partial charge on any atom is 0.287 e. The predicted octanol–water partition coefficient (Wildman–Crippen LogP) is 2.80. The van der Waals surface area contributed by atoms with Crippen molar-refractivity contribution in [3.05, 3.63) is 34.2 Å². The van der Waals surface area contributed by atoms with Crippen molar-refractivity contribution in [2.24, 2.45) is 4.99 Å². The van der Waals surface area contributed by atoms with E-state index in [1.54, 1.807) is 0 Å². The molecule has 134 valence electrons. The third-order valence-corrected chi connectivity index (χ3v) is 5.99. The van der Waals surface area contributed by atoms with Gasteiger partial charge in [-0.05, 0) is 43.5 Å². The summed E-state index contributed by atoms with van der Waals surface area (Å²) in [5, 5.41) is 2.75. The highest BCUT2D eigenvalue weighted by Gasteiger charge is 2.49. The average molecular weight is 369 g/mol. The van der Waals surface area contributed by atoms with Crippen LogP contribution < -0.4 is 10.2 Å². The highest BCUT2D eigenvalue weighted by atomic mass is 32.2. The first-order valence-electron chi connectivity index (χ1n) is 8.51. The highest BCUT2D eigenvalue weighted by molar-refractivity contribution is 8.18. The van der Waals surface area contributed by atoms with E-state index in [4.69, 9.17) is 0 Å². The molecule has 6 nitrogen and oxygen atoms in total. The molecule has 3 heterocycles. The Bertz CT molecular complexity index is 945.